The quantitative estimate of drug-likeness (QED) is 0.299. The first-order valence-corrected chi connectivity index (χ1v) is 5.45. The van der Waals surface area contributed by atoms with Gasteiger partial charge >= 0.3 is 0 Å². The summed E-state index contributed by atoms with van der Waals surface area (Å²) in [5.41, 5.74) is -11.0. The molecule has 0 aromatic carbocycles. The molecule has 0 amide bonds. The van der Waals surface area contributed by atoms with E-state index in [4.69, 9.17) is 0 Å². The first-order valence-electron chi connectivity index (χ1n) is 5.45. The van der Waals surface area contributed by atoms with Crippen molar-refractivity contribution >= 4 is 0 Å². The highest BCUT2D eigenvalue weighted by atomic mass is 16.5. The molecule has 0 heterocycles. The minimum Gasteiger partial charge on any atom is -0.387 e. The van der Waals surface area contributed by atoms with Gasteiger partial charge in [0.2, 0.25) is 0 Å². The average molecular weight is 250 g/mol. The van der Waals surface area contributed by atoms with Crippen molar-refractivity contribution in [3.63, 3.8) is 0 Å². The molecule has 0 aliphatic heterocycles. The molecule has 2 unspecified atom stereocenters. The zero-order valence-corrected chi connectivity index (χ0v) is 10.8. The van der Waals surface area contributed by atoms with E-state index in [2.05, 4.69) is 0 Å². The maximum Gasteiger partial charge on any atom is 0.124 e. The van der Waals surface area contributed by atoms with E-state index in [1.165, 1.54) is 0 Å². The summed E-state index contributed by atoms with van der Waals surface area (Å²) in [4.78, 5) is 0. The molecule has 1 rings (SSSR count). The van der Waals surface area contributed by atoms with Gasteiger partial charge in [-0.2, -0.15) is 0 Å². The molecule has 0 bridgehead atoms. The Morgan fingerprint density at radius 1 is 0.588 bits per heavy atom. The molecule has 1 aliphatic carbocycles. The largest absolute Gasteiger partial charge is 0.387 e. The van der Waals surface area contributed by atoms with Crippen LogP contribution in [0.1, 0.15) is 34.6 Å². The zero-order chi connectivity index (χ0) is 14.1. The lowest BCUT2D eigenvalue weighted by Gasteiger charge is -2.65. The Morgan fingerprint density at radius 2 is 0.824 bits per heavy atom. The van der Waals surface area contributed by atoms with Crippen LogP contribution < -0.4 is 0 Å². The summed E-state index contributed by atoms with van der Waals surface area (Å²) in [7, 11) is 0. The van der Waals surface area contributed by atoms with Crippen molar-refractivity contribution in [3.05, 3.63) is 0 Å². The second kappa shape index (κ2) is 3.20. The molecule has 6 atom stereocenters. The van der Waals surface area contributed by atoms with Gasteiger partial charge in [-0.25, -0.2) is 0 Å². The number of aliphatic hydroxyl groups is 6. The Morgan fingerprint density at radius 3 is 1.06 bits per heavy atom. The van der Waals surface area contributed by atoms with E-state index >= 15 is 0 Å². The molecule has 17 heavy (non-hydrogen) atoms. The third kappa shape index (κ3) is 1.31. The topological polar surface area (TPSA) is 121 Å². The van der Waals surface area contributed by atoms with Crippen molar-refractivity contribution in [2.75, 3.05) is 0 Å². The van der Waals surface area contributed by atoms with Crippen LogP contribution in [-0.4, -0.2) is 64.7 Å². The van der Waals surface area contributed by atoms with Gasteiger partial charge in [-0.3, -0.25) is 0 Å². The van der Waals surface area contributed by atoms with Crippen molar-refractivity contribution in [2.24, 2.45) is 0 Å². The Hall–Kier alpha value is -0.240. The molecule has 0 aromatic heterocycles. The number of aliphatic hydroxyl groups excluding tert-OH is 1. The molecule has 6 heteroatoms. The first kappa shape index (κ1) is 14.8. The standard InChI is InChI=1S/C11H22O6/c1-7(13)6(12)8(2,14)10(4,16)11(5,17)9(7,3)15/h6,12-17H,1-5H3/t6?,7-,8+,9-,10-,11?/m0/s1. The molecule has 1 fully saturated rings. The van der Waals surface area contributed by atoms with Crippen LogP contribution in [0.5, 0.6) is 0 Å². The Labute approximate surface area is 100 Å². The third-order valence-corrected chi connectivity index (χ3v) is 4.93. The predicted molar refractivity (Wildman–Crippen MR) is 59.1 cm³/mol. The Kier molecular flexibility index (Phi) is 2.79. The third-order valence-electron chi connectivity index (χ3n) is 4.93. The van der Waals surface area contributed by atoms with Crippen LogP contribution >= 0.6 is 0 Å². The maximum absolute atomic E-state index is 10.3. The molecule has 1 aliphatic rings. The normalized spacial score (nSPS) is 64.8. The van der Waals surface area contributed by atoms with Gasteiger partial charge in [0.25, 0.3) is 0 Å². The molecule has 0 radical (unpaired) electrons. The van der Waals surface area contributed by atoms with E-state index in [1.54, 1.807) is 0 Å². The van der Waals surface area contributed by atoms with Gasteiger partial charge in [-0.1, -0.05) is 0 Å². The van der Waals surface area contributed by atoms with Gasteiger partial charge in [0.15, 0.2) is 0 Å². The van der Waals surface area contributed by atoms with E-state index in [1.807, 2.05) is 0 Å². The molecular weight excluding hydrogens is 228 g/mol. The second-order valence-corrected chi connectivity index (χ2v) is 5.91. The Balaban J connectivity index is 3.56. The maximum atomic E-state index is 10.3. The molecule has 0 spiro atoms. The summed E-state index contributed by atoms with van der Waals surface area (Å²) >= 11 is 0. The van der Waals surface area contributed by atoms with Crippen LogP contribution in [-0.2, 0) is 0 Å². The monoisotopic (exact) mass is 250 g/mol. The first-order chi connectivity index (χ1) is 7.15. The molecule has 0 saturated heterocycles. The van der Waals surface area contributed by atoms with Gasteiger partial charge in [-0.15, -0.1) is 0 Å². The van der Waals surface area contributed by atoms with Crippen LogP contribution in [0.2, 0.25) is 0 Å². The predicted octanol–water partition coefficient (Wildman–Crippen LogP) is -1.88. The molecule has 6 nitrogen and oxygen atoms in total. The van der Waals surface area contributed by atoms with Crippen molar-refractivity contribution in [3.8, 4) is 0 Å². The minimum absolute atomic E-state index is 1.09. The summed E-state index contributed by atoms with van der Waals surface area (Å²) in [6, 6.07) is 0. The smallest absolute Gasteiger partial charge is 0.124 e. The van der Waals surface area contributed by atoms with Crippen LogP contribution in [0, 0.1) is 0 Å². The highest BCUT2D eigenvalue weighted by molar-refractivity contribution is 5.28. The van der Waals surface area contributed by atoms with E-state index in [-0.39, 0.29) is 0 Å². The summed E-state index contributed by atoms with van der Waals surface area (Å²) in [6.07, 6.45) is -1.83. The molecule has 102 valence electrons. The van der Waals surface area contributed by atoms with Crippen LogP contribution in [0.3, 0.4) is 0 Å². The molecule has 6 N–H and O–H groups in total. The van der Waals surface area contributed by atoms with Crippen LogP contribution in [0.15, 0.2) is 0 Å². The molecule has 1 saturated carbocycles. The Bertz CT molecular complexity index is 299. The van der Waals surface area contributed by atoms with Gasteiger partial charge < -0.3 is 30.6 Å². The lowest BCUT2D eigenvalue weighted by atomic mass is 9.51. The number of rotatable bonds is 0. The fourth-order valence-electron chi connectivity index (χ4n) is 2.54. The highest BCUT2D eigenvalue weighted by Gasteiger charge is 2.76. The summed E-state index contributed by atoms with van der Waals surface area (Å²) in [5.74, 6) is 0. The van der Waals surface area contributed by atoms with Gasteiger partial charge in [0.1, 0.15) is 34.1 Å². The number of hydrogen-bond donors (Lipinski definition) is 6. The lowest BCUT2D eigenvalue weighted by Crippen LogP contribution is -2.87. The molecular formula is C11H22O6. The minimum atomic E-state index is -2.23. The van der Waals surface area contributed by atoms with Gasteiger partial charge in [0, 0.05) is 0 Å². The van der Waals surface area contributed by atoms with Crippen LogP contribution in [0.4, 0.5) is 0 Å². The second-order valence-electron chi connectivity index (χ2n) is 5.91. The van der Waals surface area contributed by atoms with E-state index in [0.29, 0.717) is 0 Å². The van der Waals surface area contributed by atoms with E-state index in [9.17, 15) is 30.6 Å². The van der Waals surface area contributed by atoms with Crippen molar-refractivity contribution in [2.45, 2.75) is 68.7 Å². The van der Waals surface area contributed by atoms with Crippen molar-refractivity contribution in [1.82, 2.24) is 0 Å². The SMILES string of the molecule is CC1(O)[C@@](C)(O)[C@@](C)(O)C(O)[C@@](C)(O)[C@]1(C)O. The van der Waals surface area contributed by atoms with E-state index in [0.717, 1.165) is 34.6 Å². The highest BCUT2D eigenvalue weighted by Crippen LogP contribution is 2.53. The lowest BCUT2D eigenvalue weighted by molar-refractivity contribution is -0.388. The summed E-state index contributed by atoms with van der Waals surface area (Å²) in [5, 5.41) is 61.0. The summed E-state index contributed by atoms with van der Waals surface area (Å²) < 4.78 is 0. The van der Waals surface area contributed by atoms with E-state index < -0.39 is 34.1 Å². The molecule has 0 aromatic rings. The van der Waals surface area contributed by atoms with Crippen LogP contribution in [0.25, 0.3) is 0 Å². The average Bonchev–Trinajstić information content (AvgIpc) is 2.13. The van der Waals surface area contributed by atoms with Crippen molar-refractivity contribution < 1.29 is 30.6 Å². The van der Waals surface area contributed by atoms with Crippen molar-refractivity contribution in [1.29, 1.82) is 0 Å². The zero-order valence-electron chi connectivity index (χ0n) is 10.8. The fraction of sp³-hybridized carbons (Fsp3) is 1.00. The fourth-order valence-corrected chi connectivity index (χ4v) is 2.54. The van der Waals surface area contributed by atoms with Gasteiger partial charge in [0.05, 0.1) is 0 Å². The van der Waals surface area contributed by atoms with Gasteiger partial charge in [-0.05, 0) is 34.6 Å². The summed E-state index contributed by atoms with van der Waals surface area (Å²) in [6.45, 7) is 5.48. The number of hydrogen-bond acceptors (Lipinski definition) is 6.